The second kappa shape index (κ2) is 5.94. The molecule has 0 N–H and O–H groups in total. The van der Waals surface area contributed by atoms with Crippen LogP contribution in [-0.4, -0.2) is 29.1 Å². The first-order chi connectivity index (χ1) is 11.3. The fourth-order valence-corrected chi connectivity index (χ4v) is 2.96. The van der Waals surface area contributed by atoms with Crippen LogP contribution in [-0.2, 0) is 29.5 Å². The summed E-state index contributed by atoms with van der Waals surface area (Å²) >= 11 is 5.89. The van der Waals surface area contributed by atoms with Crippen LogP contribution in [0.15, 0.2) is 35.9 Å². The SMILES string of the molecule is CC(=O)OC1=C(N2CCCC2=O)OC(C)(c2ccc(Cl)cc2)C1=O. The van der Waals surface area contributed by atoms with Crippen molar-refractivity contribution in [2.45, 2.75) is 32.3 Å². The molecule has 126 valence electrons. The van der Waals surface area contributed by atoms with Crippen LogP contribution in [0.1, 0.15) is 32.3 Å². The van der Waals surface area contributed by atoms with Crippen molar-refractivity contribution in [1.29, 1.82) is 0 Å². The van der Waals surface area contributed by atoms with Crippen molar-refractivity contribution in [3.8, 4) is 0 Å². The van der Waals surface area contributed by atoms with E-state index in [1.165, 1.54) is 11.8 Å². The molecule has 1 saturated heterocycles. The molecule has 1 fully saturated rings. The number of carbonyl (C=O) groups is 3. The molecule has 1 amide bonds. The molecular formula is C17H16ClNO5. The molecule has 2 aliphatic rings. The summed E-state index contributed by atoms with van der Waals surface area (Å²) in [5.41, 5.74) is -0.823. The average molecular weight is 350 g/mol. The van der Waals surface area contributed by atoms with Crippen LogP contribution in [0.4, 0.5) is 0 Å². The maximum Gasteiger partial charge on any atom is 0.308 e. The van der Waals surface area contributed by atoms with Crippen molar-refractivity contribution in [3.63, 3.8) is 0 Å². The monoisotopic (exact) mass is 349 g/mol. The Morgan fingerprint density at radius 1 is 1.29 bits per heavy atom. The van der Waals surface area contributed by atoms with Gasteiger partial charge in [-0.2, -0.15) is 0 Å². The maximum absolute atomic E-state index is 12.9. The second-order valence-corrected chi connectivity index (χ2v) is 6.28. The number of Topliss-reactive ketones (excluding diaryl/α,β-unsaturated/α-hetero) is 1. The Bertz CT molecular complexity index is 755. The molecule has 1 aromatic rings. The van der Waals surface area contributed by atoms with Crippen molar-refractivity contribution in [1.82, 2.24) is 4.90 Å². The Morgan fingerprint density at radius 2 is 1.96 bits per heavy atom. The zero-order valence-corrected chi connectivity index (χ0v) is 14.1. The number of carbonyl (C=O) groups excluding carboxylic acids is 3. The number of hydrogen-bond donors (Lipinski definition) is 0. The summed E-state index contributed by atoms with van der Waals surface area (Å²) in [6.45, 7) is 3.19. The molecule has 6 nitrogen and oxygen atoms in total. The van der Waals surface area contributed by atoms with Crippen LogP contribution in [0.25, 0.3) is 0 Å². The third kappa shape index (κ3) is 2.67. The van der Waals surface area contributed by atoms with Gasteiger partial charge in [0.2, 0.25) is 17.5 Å². The zero-order chi connectivity index (χ0) is 17.5. The number of hydrogen-bond acceptors (Lipinski definition) is 5. The van der Waals surface area contributed by atoms with Crippen LogP contribution in [0.3, 0.4) is 0 Å². The Balaban J connectivity index is 2.03. The predicted molar refractivity (Wildman–Crippen MR) is 84.6 cm³/mol. The first-order valence-electron chi connectivity index (χ1n) is 7.56. The molecule has 0 aliphatic carbocycles. The number of halogens is 1. The number of amides is 1. The molecule has 1 aromatic carbocycles. The summed E-state index contributed by atoms with van der Waals surface area (Å²) in [4.78, 5) is 37.7. The van der Waals surface area contributed by atoms with Crippen molar-refractivity contribution >= 4 is 29.3 Å². The minimum atomic E-state index is -1.38. The van der Waals surface area contributed by atoms with Gasteiger partial charge in [0.05, 0.1) is 0 Å². The second-order valence-electron chi connectivity index (χ2n) is 5.85. The molecule has 2 heterocycles. The molecule has 1 unspecified atom stereocenters. The van der Waals surface area contributed by atoms with Gasteiger partial charge in [0.25, 0.3) is 5.78 Å². The summed E-state index contributed by atoms with van der Waals surface area (Å²) in [6, 6.07) is 6.62. The van der Waals surface area contributed by atoms with Gasteiger partial charge in [0.1, 0.15) is 0 Å². The highest BCUT2D eigenvalue weighted by atomic mass is 35.5. The third-order valence-electron chi connectivity index (χ3n) is 4.09. The lowest BCUT2D eigenvalue weighted by Crippen LogP contribution is -2.32. The Kier molecular flexibility index (Phi) is 4.09. The van der Waals surface area contributed by atoms with Crippen LogP contribution in [0.2, 0.25) is 5.02 Å². The van der Waals surface area contributed by atoms with E-state index in [1.54, 1.807) is 31.2 Å². The molecule has 0 bridgehead atoms. The molecule has 3 rings (SSSR count). The molecular weight excluding hydrogens is 334 g/mol. The van der Waals surface area contributed by atoms with Gasteiger partial charge >= 0.3 is 5.97 Å². The van der Waals surface area contributed by atoms with Crippen LogP contribution < -0.4 is 0 Å². The van der Waals surface area contributed by atoms with Gasteiger partial charge in [-0.15, -0.1) is 0 Å². The standard InChI is InChI=1S/C17H16ClNO5/c1-10(20)23-14-15(22)17(2,11-5-7-12(18)8-6-11)24-16(14)19-9-3-4-13(19)21/h5-8H,3-4,9H2,1-2H3. The van der Waals surface area contributed by atoms with E-state index >= 15 is 0 Å². The lowest BCUT2D eigenvalue weighted by Gasteiger charge is -2.26. The molecule has 0 spiro atoms. The number of esters is 1. The minimum absolute atomic E-state index is 0.00940. The van der Waals surface area contributed by atoms with E-state index in [0.717, 1.165) is 0 Å². The fourth-order valence-electron chi connectivity index (χ4n) is 2.83. The van der Waals surface area contributed by atoms with Gasteiger partial charge in [-0.05, 0) is 25.5 Å². The van der Waals surface area contributed by atoms with Crippen molar-refractivity contribution < 1.29 is 23.9 Å². The van der Waals surface area contributed by atoms with Gasteiger partial charge in [0, 0.05) is 30.5 Å². The number of ether oxygens (including phenoxy) is 2. The number of benzene rings is 1. The van der Waals surface area contributed by atoms with E-state index in [9.17, 15) is 14.4 Å². The number of likely N-dealkylation sites (tertiary alicyclic amines) is 1. The minimum Gasteiger partial charge on any atom is -0.456 e. The molecule has 24 heavy (non-hydrogen) atoms. The highest BCUT2D eigenvalue weighted by molar-refractivity contribution is 6.30. The van der Waals surface area contributed by atoms with E-state index < -0.39 is 17.4 Å². The highest BCUT2D eigenvalue weighted by Gasteiger charge is 2.51. The molecule has 1 atom stereocenters. The van der Waals surface area contributed by atoms with Gasteiger partial charge in [-0.1, -0.05) is 23.7 Å². The number of rotatable bonds is 3. The summed E-state index contributed by atoms with van der Waals surface area (Å²) in [6.07, 6.45) is 1.02. The van der Waals surface area contributed by atoms with E-state index in [0.29, 0.717) is 30.0 Å². The predicted octanol–water partition coefficient (Wildman–Crippen LogP) is 2.51. The summed E-state index contributed by atoms with van der Waals surface area (Å²) < 4.78 is 11.0. The molecule has 7 heteroatoms. The van der Waals surface area contributed by atoms with Gasteiger partial charge in [-0.25, -0.2) is 0 Å². The van der Waals surface area contributed by atoms with E-state index in [2.05, 4.69) is 0 Å². The van der Waals surface area contributed by atoms with Crippen LogP contribution >= 0.6 is 11.6 Å². The normalized spacial score (nSPS) is 23.7. The molecule has 0 radical (unpaired) electrons. The van der Waals surface area contributed by atoms with Crippen molar-refractivity contribution in [3.05, 3.63) is 46.5 Å². The number of nitrogens with zero attached hydrogens (tertiary/aromatic N) is 1. The summed E-state index contributed by atoms with van der Waals surface area (Å²) in [5.74, 6) is -1.53. The zero-order valence-electron chi connectivity index (χ0n) is 13.3. The maximum atomic E-state index is 12.9. The van der Waals surface area contributed by atoms with Gasteiger partial charge in [0.15, 0.2) is 5.60 Å². The Hall–Kier alpha value is -2.34. The molecule has 2 aliphatic heterocycles. The smallest absolute Gasteiger partial charge is 0.308 e. The molecule has 0 saturated carbocycles. The van der Waals surface area contributed by atoms with Crippen LogP contribution in [0.5, 0.6) is 0 Å². The quantitative estimate of drug-likeness (QED) is 0.784. The first kappa shape index (κ1) is 16.5. The molecule has 0 aromatic heterocycles. The van der Waals surface area contributed by atoms with Gasteiger partial charge < -0.3 is 9.47 Å². The topological polar surface area (TPSA) is 72.9 Å². The lowest BCUT2D eigenvalue weighted by atomic mass is 9.92. The summed E-state index contributed by atoms with van der Waals surface area (Å²) in [5, 5.41) is 0.524. The van der Waals surface area contributed by atoms with Gasteiger partial charge in [-0.3, -0.25) is 19.3 Å². The number of ketones is 1. The first-order valence-corrected chi connectivity index (χ1v) is 7.93. The largest absolute Gasteiger partial charge is 0.456 e. The summed E-state index contributed by atoms with van der Waals surface area (Å²) in [7, 11) is 0. The van der Waals surface area contributed by atoms with Crippen molar-refractivity contribution in [2.75, 3.05) is 6.54 Å². The Labute approximate surface area is 144 Å². The van der Waals surface area contributed by atoms with E-state index in [4.69, 9.17) is 21.1 Å². The fraction of sp³-hybridized carbons (Fsp3) is 0.353. The lowest BCUT2D eigenvalue weighted by molar-refractivity contribution is -0.142. The third-order valence-corrected chi connectivity index (χ3v) is 4.35. The van der Waals surface area contributed by atoms with E-state index in [1.807, 2.05) is 0 Å². The Morgan fingerprint density at radius 3 is 2.50 bits per heavy atom. The van der Waals surface area contributed by atoms with Crippen molar-refractivity contribution in [2.24, 2.45) is 0 Å². The highest BCUT2D eigenvalue weighted by Crippen LogP contribution is 2.41. The van der Waals surface area contributed by atoms with Crippen LogP contribution in [0, 0.1) is 0 Å². The average Bonchev–Trinajstić information content (AvgIpc) is 3.05. The van der Waals surface area contributed by atoms with E-state index in [-0.39, 0.29) is 17.5 Å².